The molecule has 4 rings (SSSR count). The number of nitrogens with one attached hydrogen (secondary N) is 2. The first-order valence-electron chi connectivity index (χ1n) is 13.8. The van der Waals surface area contributed by atoms with Gasteiger partial charge < -0.3 is 45.5 Å². The first-order valence-corrected chi connectivity index (χ1v) is 13.8. The van der Waals surface area contributed by atoms with Gasteiger partial charge in [0, 0.05) is 34.5 Å². The van der Waals surface area contributed by atoms with Gasteiger partial charge in [-0.25, -0.2) is 0 Å². The lowest BCUT2D eigenvalue weighted by atomic mass is 10.0. The molecule has 228 valence electrons. The number of carbonyl (C=O) groups is 2. The number of aliphatic hydroxyl groups excluding tert-OH is 2. The number of nitrogens with two attached hydrogens (primary N) is 1. The number of fused-ring (bicyclic) bond motifs is 2. The van der Waals surface area contributed by atoms with Crippen molar-refractivity contribution in [2.45, 2.75) is 76.7 Å². The molecule has 2 aliphatic rings. The Balaban J connectivity index is 0.000000231. The summed E-state index contributed by atoms with van der Waals surface area (Å²) in [5.74, 6) is 1.23. The molecule has 0 aromatic heterocycles. The van der Waals surface area contributed by atoms with Gasteiger partial charge in [0.25, 0.3) is 11.8 Å². The van der Waals surface area contributed by atoms with Crippen molar-refractivity contribution < 1.29 is 38.7 Å². The maximum absolute atomic E-state index is 12.1. The monoisotopic (exact) mass is 586 g/mol. The van der Waals surface area contributed by atoms with Crippen LogP contribution in [0.25, 0.3) is 10.4 Å². The highest BCUT2D eigenvalue weighted by molar-refractivity contribution is 5.95. The number of hydrogen-bond donors (Lipinski definition) is 5. The number of nitrogens with zero attached hydrogens (tertiary/aromatic N) is 3. The van der Waals surface area contributed by atoms with Gasteiger partial charge in [0.15, 0.2) is 23.0 Å². The van der Waals surface area contributed by atoms with Crippen molar-refractivity contribution in [1.29, 1.82) is 0 Å². The largest absolute Gasteiger partial charge is 0.454 e. The van der Waals surface area contributed by atoms with Crippen LogP contribution >= 0.6 is 0 Å². The standard InChI is InChI=1S/C14H18N4O4.C14H20N2O4/c1-2-3-4-10(17-18-15)13(19)14(20)16-9-5-6-11-12(7-9)22-8-21-11;1-2-3-4-10(15)13(17)14(18)16-9-5-6-11-12(7-9)20-8-19-11/h5-7,10,13,19H,2-4,8H2,1H3,(H,16,20);5-7,10,13,17H,2-4,8,15H2,1H3,(H,16,18)/t2*10-,13-/m00/s1. The number of rotatable bonds is 13. The average molecular weight is 587 g/mol. The fourth-order valence-corrected chi connectivity index (χ4v) is 4.11. The van der Waals surface area contributed by atoms with Crippen molar-refractivity contribution in [3.8, 4) is 23.0 Å². The van der Waals surface area contributed by atoms with E-state index >= 15 is 0 Å². The fourth-order valence-electron chi connectivity index (χ4n) is 4.11. The van der Waals surface area contributed by atoms with Gasteiger partial charge in [0.05, 0.1) is 6.04 Å². The summed E-state index contributed by atoms with van der Waals surface area (Å²) in [6.07, 6.45) is 1.97. The Labute approximate surface area is 243 Å². The highest BCUT2D eigenvalue weighted by atomic mass is 16.7. The van der Waals surface area contributed by atoms with Gasteiger partial charge in [-0.05, 0) is 42.6 Å². The first kappa shape index (κ1) is 32.3. The van der Waals surface area contributed by atoms with Crippen molar-refractivity contribution in [3.05, 3.63) is 46.8 Å². The molecule has 2 heterocycles. The van der Waals surface area contributed by atoms with Crippen LogP contribution in [-0.4, -0.2) is 59.9 Å². The van der Waals surface area contributed by atoms with Crippen molar-refractivity contribution >= 4 is 23.2 Å². The highest BCUT2D eigenvalue weighted by Gasteiger charge is 2.26. The third kappa shape index (κ3) is 9.14. The van der Waals surface area contributed by atoms with E-state index in [0.717, 1.165) is 25.7 Å². The number of unbranched alkanes of at least 4 members (excludes halogenated alkanes) is 2. The summed E-state index contributed by atoms with van der Waals surface area (Å²) in [6.45, 7) is 4.33. The molecule has 0 fully saturated rings. The molecule has 14 nitrogen and oxygen atoms in total. The zero-order valence-corrected chi connectivity index (χ0v) is 23.7. The Bertz CT molecular complexity index is 1250. The smallest absolute Gasteiger partial charge is 0.254 e. The van der Waals surface area contributed by atoms with Gasteiger partial charge >= 0.3 is 0 Å². The molecule has 0 unspecified atom stereocenters. The molecule has 0 saturated carbocycles. The molecule has 0 aliphatic carbocycles. The number of hydrogen-bond acceptors (Lipinski definition) is 10. The van der Waals surface area contributed by atoms with Crippen LogP contribution in [0.5, 0.6) is 23.0 Å². The molecule has 2 aliphatic heterocycles. The molecule has 2 aromatic rings. The SMILES string of the molecule is CCCC[C@H](N)[C@H](O)C(=O)Nc1ccc2c(c1)OCO2.CCCC[C@H](N=[N+]=[N-])[C@H](O)C(=O)Nc1ccc2c(c1)OCO2. The number of benzene rings is 2. The maximum atomic E-state index is 12.1. The lowest BCUT2D eigenvalue weighted by Gasteiger charge is -2.18. The van der Waals surface area contributed by atoms with Crippen LogP contribution in [-0.2, 0) is 9.59 Å². The molecule has 0 spiro atoms. The van der Waals surface area contributed by atoms with Crippen molar-refractivity contribution in [2.75, 3.05) is 24.2 Å². The van der Waals surface area contributed by atoms with Crippen molar-refractivity contribution in [1.82, 2.24) is 0 Å². The van der Waals surface area contributed by atoms with Crippen molar-refractivity contribution in [3.63, 3.8) is 0 Å². The fraction of sp³-hybridized carbons (Fsp3) is 0.500. The van der Waals surface area contributed by atoms with Gasteiger partial charge in [-0.1, -0.05) is 44.6 Å². The van der Waals surface area contributed by atoms with E-state index in [9.17, 15) is 19.8 Å². The van der Waals surface area contributed by atoms with E-state index in [-0.39, 0.29) is 13.6 Å². The Morgan fingerprint density at radius 2 is 1.33 bits per heavy atom. The second-order valence-electron chi connectivity index (χ2n) is 9.72. The first-order chi connectivity index (χ1) is 20.3. The van der Waals surface area contributed by atoms with Crippen LogP contribution in [0.15, 0.2) is 41.5 Å². The summed E-state index contributed by atoms with van der Waals surface area (Å²) in [4.78, 5) is 26.7. The molecule has 0 bridgehead atoms. The van der Waals surface area contributed by atoms with Gasteiger partial charge in [0.2, 0.25) is 13.6 Å². The van der Waals surface area contributed by atoms with Crippen LogP contribution in [0.2, 0.25) is 0 Å². The van der Waals surface area contributed by atoms with Crippen LogP contribution < -0.4 is 35.3 Å². The normalized spacial score (nSPS) is 15.3. The Morgan fingerprint density at radius 1 is 0.857 bits per heavy atom. The quantitative estimate of drug-likeness (QED) is 0.131. The van der Waals surface area contributed by atoms with E-state index in [1.807, 2.05) is 13.8 Å². The van der Waals surface area contributed by atoms with Gasteiger partial charge in [-0.3, -0.25) is 9.59 Å². The molecule has 2 aromatic carbocycles. The summed E-state index contributed by atoms with van der Waals surface area (Å²) >= 11 is 0. The van der Waals surface area contributed by atoms with E-state index in [2.05, 4.69) is 20.7 Å². The second kappa shape index (κ2) is 16.3. The predicted octanol–water partition coefficient (Wildman–Crippen LogP) is 3.82. The number of azide groups is 1. The zero-order chi connectivity index (χ0) is 30.5. The van der Waals surface area contributed by atoms with Gasteiger partial charge in [-0.15, -0.1) is 0 Å². The van der Waals surface area contributed by atoms with E-state index in [4.69, 9.17) is 30.2 Å². The third-order valence-electron chi connectivity index (χ3n) is 6.53. The number of aliphatic hydroxyl groups is 2. The zero-order valence-electron chi connectivity index (χ0n) is 23.7. The number of carbonyl (C=O) groups excluding carboxylic acids is 2. The Hall–Kier alpha value is -4.23. The molecule has 0 saturated heterocycles. The summed E-state index contributed by atoms with van der Waals surface area (Å²) < 4.78 is 20.8. The lowest BCUT2D eigenvalue weighted by molar-refractivity contribution is -0.125. The Morgan fingerprint density at radius 3 is 1.83 bits per heavy atom. The van der Waals surface area contributed by atoms with Crippen LogP contribution in [0.3, 0.4) is 0 Å². The topological polar surface area (TPSA) is 210 Å². The minimum Gasteiger partial charge on any atom is -0.454 e. The summed E-state index contributed by atoms with van der Waals surface area (Å²) in [5, 5.41) is 28.6. The number of amides is 2. The molecule has 6 N–H and O–H groups in total. The highest BCUT2D eigenvalue weighted by Crippen LogP contribution is 2.35. The van der Waals surface area contributed by atoms with Gasteiger partial charge in [-0.2, -0.15) is 0 Å². The molecule has 42 heavy (non-hydrogen) atoms. The average Bonchev–Trinajstić information content (AvgIpc) is 3.66. The molecule has 14 heteroatoms. The molecule has 0 radical (unpaired) electrons. The third-order valence-corrected chi connectivity index (χ3v) is 6.53. The van der Waals surface area contributed by atoms with Crippen LogP contribution in [0, 0.1) is 0 Å². The maximum Gasteiger partial charge on any atom is 0.254 e. The van der Waals surface area contributed by atoms with Gasteiger partial charge in [0.1, 0.15) is 12.2 Å². The molecule has 4 atom stereocenters. The van der Waals surface area contributed by atoms with E-state index < -0.39 is 36.1 Å². The molecule has 2 amide bonds. The van der Waals surface area contributed by atoms with Crippen molar-refractivity contribution in [2.24, 2.45) is 10.8 Å². The summed E-state index contributed by atoms with van der Waals surface area (Å²) in [6, 6.07) is 8.66. The van der Waals surface area contributed by atoms with Crippen LogP contribution in [0.4, 0.5) is 11.4 Å². The predicted molar refractivity (Wildman–Crippen MR) is 154 cm³/mol. The minimum absolute atomic E-state index is 0.144. The Kier molecular flexibility index (Phi) is 12.5. The number of anilines is 2. The lowest BCUT2D eigenvalue weighted by Crippen LogP contribution is -2.43. The number of ether oxygens (including phenoxy) is 4. The van der Waals surface area contributed by atoms with E-state index in [1.54, 1.807) is 36.4 Å². The molecular formula is C28H38N6O8. The van der Waals surface area contributed by atoms with Crippen LogP contribution in [0.1, 0.15) is 52.4 Å². The minimum atomic E-state index is -1.40. The summed E-state index contributed by atoms with van der Waals surface area (Å²) in [7, 11) is 0. The molecular weight excluding hydrogens is 548 g/mol. The second-order valence-corrected chi connectivity index (χ2v) is 9.72. The summed E-state index contributed by atoms with van der Waals surface area (Å²) in [5.41, 5.74) is 15.4. The van der Waals surface area contributed by atoms with E-state index in [1.165, 1.54) is 0 Å². The van der Waals surface area contributed by atoms with E-state index in [0.29, 0.717) is 47.2 Å².